The second kappa shape index (κ2) is 6.64. The van der Waals surface area contributed by atoms with Crippen LogP contribution < -0.4 is 10.9 Å². The molecule has 2 aliphatic heterocycles. The van der Waals surface area contributed by atoms with Crippen molar-refractivity contribution in [2.24, 2.45) is 4.99 Å². The van der Waals surface area contributed by atoms with Crippen molar-refractivity contribution in [2.45, 2.75) is 31.0 Å². The summed E-state index contributed by atoms with van der Waals surface area (Å²) in [5.41, 5.74) is -2.99. The highest BCUT2D eigenvalue weighted by Crippen LogP contribution is 2.45. The molecular formula is C15H16FN4O8P. The van der Waals surface area contributed by atoms with Gasteiger partial charge in [0.15, 0.2) is 12.0 Å². The Bertz CT molecular complexity index is 1130. The molecule has 0 bridgehead atoms. The van der Waals surface area contributed by atoms with Crippen LogP contribution in [0, 0.1) is 5.82 Å². The number of nitrogens with zero attached hydrogens (tertiary/aromatic N) is 3. The molecule has 0 radical (unpaired) electrons. The Morgan fingerprint density at radius 3 is 2.90 bits per heavy atom. The fourth-order valence-corrected chi connectivity index (χ4v) is 3.75. The van der Waals surface area contributed by atoms with E-state index in [1.807, 2.05) is 0 Å². The topological polar surface area (TPSA) is 176 Å². The van der Waals surface area contributed by atoms with E-state index in [9.17, 15) is 24.0 Å². The third kappa shape index (κ3) is 3.36. The molecule has 0 saturated carbocycles. The first-order valence-electron chi connectivity index (χ1n) is 8.29. The molecule has 4 atom stereocenters. The molecule has 2 aliphatic rings. The molecule has 5 N–H and O–H groups in total. The molecule has 2 aromatic heterocycles. The summed E-state index contributed by atoms with van der Waals surface area (Å²) in [6, 6.07) is 0.963. The number of phosphoric ester groups is 1. The summed E-state index contributed by atoms with van der Waals surface area (Å²) in [6.45, 7) is 0.576. The summed E-state index contributed by atoms with van der Waals surface area (Å²) in [7, 11) is -4.82. The number of halogens is 1. The van der Waals surface area contributed by atoms with E-state index in [-0.39, 0.29) is 22.4 Å². The molecule has 1 fully saturated rings. The van der Waals surface area contributed by atoms with Crippen molar-refractivity contribution in [3.8, 4) is 0 Å². The number of aromatic nitrogens is 2. The van der Waals surface area contributed by atoms with Gasteiger partial charge in [-0.25, -0.2) is 13.9 Å². The highest BCUT2D eigenvalue weighted by Gasteiger charge is 2.54. The Morgan fingerprint density at radius 1 is 1.48 bits per heavy atom. The maximum absolute atomic E-state index is 14.0. The minimum atomic E-state index is -4.82. The molecule has 12 nitrogen and oxygen atoms in total. The number of anilines is 1. The molecule has 0 amide bonds. The number of aliphatic hydroxyl groups is 2. The zero-order chi connectivity index (χ0) is 21.1. The largest absolute Gasteiger partial charge is 0.469 e. The minimum Gasteiger partial charge on any atom is -0.387 e. The first kappa shape index (κ1) is 20.0. The van der Waals surface area contributed by atoms with Crippen LogP contribution in [0.25, 0.3) is 10.8 Å². The summed E-state index contributed by atoms with van der Waals surface area (Å²) < 4.78 is 36.2. The van der Waals surface area contributed by atoms with E-state index < -0.39 is 49.8 Å². The lowest BCUT2D eigenvalue weighted by molar-refractivity contribution is -0.0954. The summed E-state index contributed by atoms with van der Waals surface area (Å²) in [5, 5.41) is 24.4. The quantitative estimate of drug-likeness (QED) is 0.406. The smallest absolute Gasteiger partial charge is 0.387 e. The Hall–Kier alpha value is -2.25. The van der Waals surface area contributed by atoms with Gasteiger partial charge in [-0.1, -0.05) is 0 Å². The lowest BCUT2D eigenvalue weighted by Gasteiger charge is -2.28. The van der Waals surface area contributed by atoms with Gasteiger partial charge in [-0.15, -0.1) is 0 Å². The SMILES string of the molecule is C[C@@]1(O)[C@H](O)[C@@H](COP(=O)(O)O)O[C@H]1n1cc2cc(F)c(=O)nc3c2c1N=CN3. The van der Waals surface area contributed by atoms with Crippen LogP contribution in [-0.4, -0.2) is 60.3 Å². The number of nitrogens with one attached hydrogen (secondary N) is 1. The standard InChI is InChI=1S/C15H16FN4O8P/c1-15(23)10(21)8(4-27-29(24,25)26)28-14(15)20-3-6-2-7(16)13(22)19-11-9(6)12(20)18-5-17-11/h2-3,5,8,10,14,21,23H,4H2,1H3,(H2,24,25,26)(H,17,18,19,22)/t8-,10-,14-,15-/m1/s1. The van der Waals surface area contributed by atoms with E-state index >= 15 is 0 Å². The first-order chi connectivity index (χ1) is 13.5. The van der Waals surface area contributed by atoms with Gasteiger partial charge < -0.3 is 34.6 Å². The number of rotatable bonds is 4. The lowest BCUT2D eigenvalue weighted by Crippen LogP contribution is -2.44. The molecule has 0 aromatic carbocycles. The monoisotopic (exact) mass is 430 g/mol. The van der Waals surface area contributed by atoms with Crippen LogP contribution in [-0.2, 0) is 13.8 Å². The van der Waals surface area contributed by atoms with E-state index in [2.05, 4.69) is 19.8 Å². The number of hydrogen-bond donors (Lipinski definition) is 5. The average Bonchev–Trinajstić information content (AvgIpc) is 3.04. The van der Waals surface area contributed by atoms with E-state index in [0.29, 0.717) is 0 Å². The molecule has 1 saturated heterocycles. The van der Waals surface area contributed by atoms with Gasteiger partial charge in [-0.2, -0.15) is 4.98 Å². The second-order valence-corrected chi connectivity index (χ2v) is 8.07. The molecule has 14 heteroatoms. The van der Waals surface area contributed by atoms with Crippen molar-refractivity contribution in [3.63, 3.8) is 0 Å². The van der Waals surface area contributed by atoms with Crippen molar-refractivity contribution in [1.29, 1.82) is 0 Å². The first-order valence-corrected chi connectivity index (χ1v) is 9.82. The molecule has 156 valence electrons. The van der Waals surface area contributed by atoms with Crippen molar-refractivity contribution in [1.82, 2.24) is 9.55 Å². The summed E-state index contributed by atoms with van der Waals surface area (Å²) in [4.78, 5) is 37.2. The van der Waals surface area contributed by atoms with Crippen LogP contribution in [0.2, 0.25) is 0 Å². The minimum absolute atomic E-state index is 0.0530. The average molecular weight is 430 g/mol. The molecule has 0 spiro atoms. The van der Waals surface area contributed by atoms with Gasteiger partial charge in [0.05, 0.1) is 18.3 Å². The zero-order valence-electron chi connectivity index (χ0n) is 14.8. The van der Waals surface area contributed by atoms with Crippen LogP contribution in [0.15, 0.2) is 22.1 Å². The predicted molar refractivity (Wildman–Crippen MR) is 96.3 cm³/mol. The fraction of sp³-hybridized carbons (Fsp3) is 0.400. The Labute approximate surface area is 161 Å². The van der Waals surface area contributed by atoms with E-state index in [0.717, 1.165) is 6.07 Å². The maximum Gasteiger partial charge on any atom is 0.469 e. The molecule has 4 rings (SSSR count). The van der Waals surface area contributed by atoms with Gasteiger partial charge >= 0.3 is 13.4 Å². The van der Waals surface area contributed by atoms with E-state index in [1.165, 1.54) is 24.0 Å². The number of aliphatic imine (C=N–C) groups is 1. The van der Waals surface area contributed by atoms with E-state index in [1.54, 1.807) is 0 Å². The Kier molecular flexibility index (Phi) is 4.59. The van der Waals surface area contributed by atoms with Gasteiger partial charge in [0.2, 0.25) is 0 Å². The van der Waals surface area contributed by atoms with Crippen LogP contribution in [0.1, 0.15) is 13.2 Å². The van der Waals surface area contributed by atoms with Gasteiger partial charge in [-0.3, -0.25) is 9.32 Å². The number of hydrogen-bond acceptors (Lipinski definition) is 9. The molecular weight excluding hydrogens is 414 g/mol. The molecule has 0 unspecified atom stereocenters. The second-order valence-electron chi connectivity index (χ2n) is 6.83. The third-order valence-corrected chi connectivity index (χ3v) is 5.26. The Balaban J connectivity index is 1.80. The molecule has 4 heterocycles. The third-order valence-electron chi connectivity index (χ3n) is 4.77. The summed E-state index contributed by atoms with van der Waals surface area (Å²) in [6.07, 6.45) is -1.54. The summed E-state index contributed by atoms with van der Waals surface area (Å²) >= 11 is 0. The van der Waals surface area contributed by atoms with Crippen LogP contribution in [0.5, 0.6) is 0 Å². The van der Waals surface area contributed by atoms with Gasteiger partial charge in [0.1, 0.15) is 29.4 Å². The van der Waals surface area contributed by atoms with Gasteiger partial charge in [0, 0.05) is 11.6 Å². The van der Waals surface area contributed by atoms with Crippen molar-refractivity contribution >= 4 is 36.6 Å². The lowest BCUT2D eigenvalue weighted by atomic mass is 9.96. The number of phosphoric acid groups is 1. The predicted octanol–water partition coefficient (Wildman–Crippen LogP) is -0.261. The van der Waals surface area contributed by atoms with Crippen molar-refractivity contribution in [3.05, 3.63) is 28.4 Å². The molecule has 0 aliphatic carbocycles. The maximum atomic E-state index is 14.0. The number of aliphatic hydroxyl groups excluding tert-OH is 1. The van der Waals surface area contributed by atoms with E-state index in [4.69, 9.17) is 14.5 Å². The Morgan fingerprint density at radius 2 is 2.21 bits per heavy atom. The van der Waals surface area contributed by atoms with Gasteiger partial charge in [-0.05, 0) is 13.0 Å². The normalized spacial score (nSPS) is 28.7. The van der Waals surface area contributed by atoms with Gasteiger partial charge in [0.25, 0.3) is 0 Å². The van der Waals surface area contributed by atoms with Crippen LogP contribution >= 0.6 is 7.82 Å². The highest BCUT2D eigenvalue weighted by atomic mass is 31.2. The fourth-order valence-electron chi connectivity index (χ4n) is 3.41. The molecule has 2 aromatic rings. The van der Waals surface area contributed by atoms with Crippen molar-refractivity contribution < 1.29 is 38.2 Å². The number of ether oxygens (including phenoxy) is 1. The molecule has 29 heavy (non-hydrogen) atoms. The zero-order valence-corrected chi connectivity index (χ0v) is 15.7. The highest BCUT2D eigenvalue weighted by molar-refractivity contribution is 7.46. The summed E-state index contributed by atoms with van der Waals surface area (Å²) in [5.74, 6) is -0.872. The van der Waals surface area contributed by atoms with Crippen LogP contribution in [0.3, 0.4) is 0 Å². The van der Waals surface area contributed by atoms with Crippen molar-refractivity contribution in [2.75, 3.05) is 11.9 Å². The van der Waals surface area contributed by atoms with Crippen LogP contribution in [0.4, 0.5) is 16.0 Å².